The van der Waals surface area contributed by atoms with Gasteiger partial charge in [-0.3, -0.25) is 24.2 Å². The molecule has 0 aromatic rings. The summed E-state index contributed by atoms with van der Waals surface area (Å²) in [6.45, 7) is 3.33. The Morgan fingerprint density at radius 1 is 0.969 bits per heavy atom. The SMILES string of the molecule is CC(C)CC(NC(=O)C(CC(N)=O)NC(=O)CNC(=O)C(N)CCCN=C(N)N)C(=O)O. The maximum atomic E-state index is 12.4. The monoisotopic (exact) mass is 458 g/mol. The number of aliphatic imine (C=N–C) groups is 1. The Morgan fingerprint density at radius 2 is 1.59 bits per heavy atom. The van der Waals surface area contributed by atoms with Crippen molar-refractivity contribution in [2.45, 2.75) is 57.7 Å². The van der Waals surface area contributed by atoms with Crippen LogP contribution >= 0.6 is 0 Å². The summed E-state index contributed by atoms with van der Waals surface area (Å²) in [6.07, 6.45) is 0.309. The van der Waals surface area contributed by atoms with Gasteiger partial charge in [0.25, 0.3) is 0 Å². The second-order valence-electron chi connectivity index (χ2n) is 7.59. The van der Waals surface area contributed by atoms with Crippen LogP contribution in [-0.2, 0) is 24.0 Å². The number of hydrogen-bond acceptors (Lipinski definition) is 7. The zero-order valence-electron chi connectivity index (χ0n) is 18.3. The minimum atomic E-state index is -1.40. The fourth-order valence-electron chi connectivity index (χ4n) is 2.57. The van der Waals surface area contributed by atoms with Crippen LogP contribution in [0.3, 0.4) is 0 Å². The number of carboxylic acids is 1. The van der Waals surface area contributed by atoms with Crippen molar-refractivity contribution in [3.8, 4) is 0 Å². The molecule has 12 N–H and O–H groups in total. The summed E-state index contributed by atoms with van der Waals surface area (Å²) in [5, 5.41) is 16.1. The zero-order valence-corrected chi connectivity index (χ0v) is 18.3. The first kappa shape index (κ1) is 28.6. The highest BCUT2D eigenvalue weighted by Gasteiger charge is 2.28. The van der Waals surface area contributed by atoms with Crippen molar-refractivity contribution < 1.29 is 29.1 Å². The van der Waals surface area contributed by atoms with E-state index in [0.717, 1.165) is 0 Å². The van der Waals surface area contributed by atoms with E-state index in [4.69, 9.17) is 22.9 Å². The number of rotatable bonds is 15. The van der Waals surface area contributed by atoms with Crippen LogP contribution in [-0.4, -0.2) is 71.9 Å². The number of nitrogens with one attached hydrogen (secondary N) is 3. The highest BCUT2D eigenvalue weighted by atomic mass is 16.4. The van der Waals surface area contributed by atoms with Crippen LogP contribution in [0, 0.1) is 5.92 Å². The molecule has 182 valence electrons. The Morgan fingerprint density at radius 3 is 2.09 bits per heavy atom. The highest BCUT2D eigenvalue weighted by molar-refractivity contribution is 5.94. The van der Waals surface area contributed by atoms with Gasteiger partial charge in [0.2, 0.25) is 23.6 Å². The minimum absolute atomic E-state index is 0.0283. The number of guanidine groups is 1. The molecule has 0 heterocycles. The summed E-state index contributed by atoms with van der Waals surface area (Å²) in [5.74, 6) is -4.52. The van der Waals surface area contributed by atoms with Crippen molar-refractivity contribution in [1.29, 1.82) is 0 Å². The lowest BCUT2D eigenvalue weighted by atomic mass is 10.0. The molecule has 0 fully saturated rings. The molecular formula is C18H34N8O6. The number of amides is 4. The highest BCUT2D eigenvalue weighted by Crippen LogP contribution is 2.06. The molecule has 0 rings (SSSR count). The van der Waals surface area contributed by atoms with Crippen molar-refractivity contribution in [1.82, 2.24) is 16.0 Å². The van der Waals surface area contributed by atoms with Crippen LogP contribution in [0.4, 0.5) is 0 Å². The number of aliphatic carboxylic acids is 1. The number of primary amides is 1. The Labute approximate surface area is 185 Å². The van der Waals surface area contributed by atoms with E-state index in [2.05, 4.69) is 20.9 Å². The van der Waals surface area contributed by atoms with Gasteiger partial charge in [-0.25, -0.2) is 4.79 Å². The van der Waals surface area contributed by atoms with E-state index in [-0.39, 0.29) is 24.7 Å². The third kappa shape index (κ3) is 13.0. The summed E-state index contributed by atoms with van der Waals surface area (Å²) in [5.41, 5.74) is 21.2. The third-order valence-electron chi connectivity index (χ3n) is 4.11. The average Bonchev–Trinajstić information content (AvgIpc) is 2.67. The average molecular weight is 459 g/mol. The first-order valence-electron chi connectivity index (χ1n) is 10.0. The van der Waals surface area contributed by atoms with Gasteiger partial charge in [-0.15, -0.1) is 0 Å². The number of carboxylic acid groups (broad SMARTS) is 1. The van der Waals surface area contributed by atoms with E-state index in [1.165, 1.54) is 0 Å². The smallest absolute Gasteiger partial charge is 0.326 e. The topological polar surface area (TPSA) is 258 Å². The molecule has 32 heavy (non-hydrogen) atoms. The molecule has 0 aliphatic carbocycles. The van der Waals surface area contributed by atoms with Gasteiger partial charge in [0.15, 0.2) is 5.96 Å². The number of carbonyl (C=O) groups excluding carboxylic acids is 4. The number of hydrogen-bond donors (Lipinski definition) is 8. The van der Waals surface area contributed by atoms with Crippen LogP contribution < -0.4 is 38.9 Å². The third-order valence-corrected chi connectivity index (χ3v) is 4.11. The molecule has 3 atom stereocenters. The summed E-state index contributed by atoms with van der Waals surface area (Å²) in [4.78, 5) is 62.9. The van der Waals surface area contributed by atoms with E-state index >= 15 is 0 Å². The summed E-state index contributed by atoms with van der Waals surface area (Å²) in [6, 6.07) is -3.51. The maximum Gasteiger partial charge on any atom is 0.326 e. The van der Waals surface area contributed by atoms with Crippen molar-refractivity contribution in [2.75, 3.05) is 13.1 Å². The molecule has 0 bridgehead atoms. The Balaban J connectivity index is 4.79. The van der Waals surface area contributed by atoms with Gasteiger partial charge < -0.3 is 44.0 Å². The zero-order chi connectivity index (χ0) is 24.8. The maximum absolute atomic E-state index is 12.4. The molecule has 4 amide bonds. The molecule has 0 saturated heterocycles. The fraction of sp³-hybridized carbons (Fsp3) is 0.667. The Kier molecular flexibility index (Phi) is 13.0. The summed E-state index contributed by atoms with van der Waals surface area (Å²) < 4.78 is 0. The van der Waals surface area contributed by atoms with E-state index < -0.39 is 60.7 Å². The Hall–Kier alpha value is -3.42. The van der Waals surface area contributed by atoms with Gasteiger partial charge in [0, 0.05) is 6.54 Å². The van der Waals surface area contributed by atoms with Gasteiger partial charge >= 0.3 is 5.97 Å². The van der Waals surface area contributed by atoms with Crippen LogP contribution in [0.2, 0.25) is 0 Å². The predicted molar refractivity (Wildman–Crippen MR) is 116 cm³/mol. The first-order chi connectivity index (χ1) is 14.8. The molecule has 0 aliphatic heterocycles. The lowest BCUT2D eigenvalue weighted by Gasteiger charge is -2.22. The molecule has 3 unspecified atom stereocenters. The van der Waals surface area contributed by atoms with E-state index in [0.29, 0.717) is 13.0 Å². The van der Waals surface area contributed by atoms with E-state index in [1.807, 2.05) is 0 Å². The molecular weight excluding hydrogens is 424 g/mol. The van der Waals surface area contributed by atoms with Gasteiger partial charge in [-0.1, -0.05) is 13.8 Å². The molecule has 0 aromatic heterocycles. The van der Waals surface area contributed by atoms with Crippen LogP contribution in [0.15, 0.2) is 4.99 Å². The quantitative estimate of drug-likeness (QED) is 0.0685. The number of nitrogens with zero attached hydrogens (tertiary/aromatic N) is 1. The molecule has 14 heteroatoms. The molecule has 0 aliphatic rings. The lowest BCUT2D eigenvalue weighted by molar-refractivity contribution is -0.142. The van der Waals surface area contributed by atoms with Crippen molar-refractivity contribution in [3.63, 3.8) is 0 Å². The summed E-state index contributed by atoms with van der Waals surface area (Å²) in [7, 11) is 0. The van der Waals surface area contributed by atoms with Crippen LogP contribution in [0.25, 0.3) is 0 Å². The van der Waals surface area contributed by atoms with Gasteiger partial charge in [-0.05, 0) is 25.2 Å². The van der Waals surface area contributed by atoms with Gasteiger partial charge in [0.05, 0.1) is 19.0 Å². The normalized spacial score (nSPS) is 13.4. The van der Waals surface area contributed by atoms with Crippen molar-refractivity contribution in [2.24, 2.45) is 33.8 Å². The van der Waals surface area contributed by atoms with Crippen LogP contribution in [0.5, 0.6) is 0 Å². The van der Waals surface area contributed by atoms with E-state index in [9.17, 15) is 29.1 Å². The van der Waals surface area contributed by atoms with Gasteiger partial charge in [-0.2, -0.15) is 0 Å². The molecule has 14 nitrogen and oxygen atoms in total. The molecule has 0 spiro atoms. The second-order valence-corrected chi connectivity index (χ2v) is 7.59. The number of nitrogens with two attached hydrogens (primary N) is 4. The largest absolute Gasteiger partial charge is 0.480 e. The van der Waals surface area contributed by atoms with Crippen molar-refractivity contribution in [3.05, 3.63) is 0 Å². The second kappa shape index (κ2) is 14.6. The van der Waals surface area contributed by atoms with E-state index in [1.54, 1.807) is 13.8 Å². The molecule has 0 radical (unpaired) electrons. The minimum Gasteiger partial charge on any atom is -0.480 e. The molecule has 0 aromatic carbocycles. The van der Waals surface area contributed by atoms with Crippen molar-refractivity contribution >= 4 is 35.6 Å². The van der Waals surface area contributed by atoms with Gasteiger partial charge in [0.1, 0.15) is 12.1 Å². The summed E-state index contributed by atoms with van der Waals surface area (Å²) >= 11 is 0. The Bertz CT molecular complexity index is 708. The first-order valence-corrected chi connectivity index (χ1v) is 10.0. The number of carbonyl (C=O) groups is 5. The van der Waals surface area contributed by atoms with Crippen LogP contribution in [0.1, 0.15) is 39.5 Å². The molecule has 0 saturated carbocycles. The fourth-order valence-corrected chi connectivity index (χ4v) is 2.57. The lowest BCUT2D eigenvalue weighted by Crippen LogP contribution is -2.54. The predicted octanol–water partition coefficient (Wildman–Crippen LogP) is -3.54. The standard InChI is InChI=1S/C18H34N8O6/c1-9(2)6-12(17(31)32)26-16(30)11(7-13(20)27)25-14(28)8-24-15(29)10(19)4-3-5-23-18(21)22/h9-12H,3-8,19H2,1-2H3,(H2,20,27)(H,24,29)(H,25,28)(H,26,30)(H,31,32)(H4,21,22,23).